The average molecular weight is 316 g/mol. The van der Waals surface area contributed by atoms with E-state index in [1.807, 2.05) is 30.3 Å². The van der Waals surface area contributed by atoms with Crippen LogP contribution in [0.15, 0.2) is 36.5 Å². The Morgan fingerprint density at radius 1 is 1.39 bits per heavy atom. The molecule has 23 heavy (non-hydrogen) atoms. The van der Waals surface area contributed by atoms with Crippen LogP contribution in [0.2, 0.25) is 0 Å². The lowest BCUT2D eigenvalue weighted by atomic mass is 10.1. The summed E-state index contributed by atoms with van der Waals surface area (Å²) in [5.74, 6) is 0. The number of rotatable bonds is 3. The number of amides is 1. The lowest BCUT2D eigenvalue weighted by Gasteiger charge is -2.32. The van der Waals surface area contributed by atoms with E-state index in [9.17, 15) is 14.9 Å². The van der Waals surface area contributed by atoms with Crippen LogP contribution in [0.25, 0.3) is 0 Å². The van der Waals surface area contributed by atoms with Crippen LogP contribution < -0.4 is 0 Å². The number of hydrogen-bond donors (Lipinski definition) is 0. The van der Waals surface area contributed by atoms with Crippen molar-refractivity contribution in [2.45, 2.75) is 26.1 Å². The first-order chi connectivity index (χ1) is 11.1. The van der Waals surface area contributed by atoms with Gasteiger partial charge in [-0.1, -0.05) is 30.3 Å². The molecule has 1 unspecified atom stereocenters. The van der Waals surface area contributed by atoms with E-state index in [2.05, 4.69) is 5.10 Å². The van der Waals surface area contributed by atoms with E-state index in [0.717, 1.165) is 5.56 Å². The molecule has 8 heteroatoms. The molecule has 120 valence electrons. The molecule has 8 nitrogen and oxygen atoms in total. The van der Waals surface area contributed by atoms with Gasteiger partial charge >= 0.3 is 11.8 Å². The summed E-state index contributed by atoms with van der Waals surface area (Å²) in [5, 5.41) is 15.1. The second kappa shape index (κ2) is 6.07. The summed E-state index contributed by atoms with van der Waals surface area (Å²) in [6.45, 7) is 2.72. The van der Waals surface area contributed by atoms with Gasteiger partial charge in [-0.25, -0.2) is 4.79 Å². The number of nitrogens with zero attached hydrogens (tertiary/aromatic N) is 4. The zero-order chi connectivity index (χ0) is 16.4. The van der Waals surface area contributed by atoms with Gasteiger partial charge in [0.2, 0.25) is 0 Å². The quantitative estimate of drug-likeness (QED) is 0.641. The molecule has 2 aromatic rings. The molecule has 0 bridgehead atoms. The monoisotopic (exact) mass is 316 g/mol. The molecule has 0 fully saturated rings. The number of carbonyl (C=O) groups is 1. The third-order valence-corrected chi connectivity index (χ3v) is 3.91. The third kappa shape index (κ3) is 2.87. The van der Waals surface area contributed by atoms with Crippen LogP contribution in [0.1, 0.15) is 24.2 Å². The first kappa shape index (κ1) is 15.0. The number of nitro groups is 1. The summed E-state index contributed by atoms with van der Waals surface area (Å²) in [6.07, 6.45) is 0.744. The van der Waals surface area contributed by atoms with Crippen LogP contribution in [-0.4, -0.2) is 32.2 Å². The number of carbonyl (C=O) groups excluding carboxylic acids is 1. The molecule has 0 spiro atoms. The van der Waals surface area contributed by atoms with Crippen LogP contribution in [0.3, 0.4) is 0 Å². The molecule has 0 saturated heterocycles. The molecule has 3 rings (SSSR count). The van der Waals surface area contributed by atoms with E-state index in [1.165, 1.54) is 11.1 Å². The van der Waals surface area contributed by atoms with Crippen molar-refractivity contribution < 1.29 is 14.5 Å². The highest BCUT2D eigenvalue weighted by Crippen LogP contribution is 2.32. The lowest BCUT2D eigenvalue weighted by molar-refractivity contribution is -0.386. The topological polar surface area (TPSA) is 90.5 Å². The molecule has 1 aliphatic rings. The fraction of sp³-hybridized carbons (Fsp3) is 0.333. The van der Waals surface area contributed by atoms with E-state index >= 15 is 0 Å². The average Bonchev–Trinajstić information content (AvgIpc) is 2.99. The number of fused-ring (bicyclic) bond motifs is 1. The highest BCUT2D eigenvalue weighted by molar-refractivity contribution is 5.68. The summed E-state index contributed by atoms with van der Waals surface area (Å²) in [6, 6.07) is 8.90. The predicted octanol–water partition coefficient (Wildman–Crippen LogP) is 2.50. The van der Waals surface area contributed by atoms with E-state index in [0.29, 0.717) is 18.8 Å². The molecule has 0 saturated carbocycles. The largest absolute Gasteiger partial charge is 0.445 e. The van der Waals surface area contributed by atoms with Crippen LogP contribution in [0.4, 0.5) is 10.5 Å². The molecule has 0 aliphatic carbocycles. The Balaban J connectivity index is 1.72. The molecule has 1 aromatic heterocycles. The molecular weight excluding hydrogens is 300 g/mol. The van der Waals surface area contributed by atoms with E-state index in [1.54, 1.807) is 11.6 Å². The fourth-order valence-electron chi connectivity index (χ4n) is 2.73. The van der Waals surface area contributed by atoms with Gasteiger partial charge in [-0.3, -0.25) is 19.7 Å². The van der Waals surface area contributed by atoms with Gasteiger partial charge in [0.1, 0.15) is 18.5 Å². The molecule has 2 heterocycles. The number of benzene rings is 1. The number of aromatic nitrogens is 2. The highest BCUT2D eigenvalue weighted by Gasteiger charge is 2.35. The SMILES string of the molecule is CC1c2c([N+](=O)[O-])cnn2CCN1C(=O)OCc1ccccc1. The maximum Gasteiger partial charge on any atom is 0.410 e. The zero-order valence-electron chi connectivity index (χ0n) is 12.6. The Bertz CT molecular complexity index is 728. The number of ether oxygens (including phenoxy) is 1. The Hall–Kier alpha value is -2.90. The van der Waals surface area contributed by atoms with Gasteiger partial charge < -0.3 is 4.74 Å². The van der Waals surface area contributed by atoms with Gasteiger partial charge in [0.05, 0.1) is 17.5 Å². The third-order valence-electron chi connectivity index (χ3n) is 3.91. The molecule has 1 aliphatic heterocycles. The standard InChI is InChI=1S/C15H16N4O4/c1-11-14-13(19(21)22)9-16-18(14)8-7-17(11)15(20)23-10-12-5-3-2-4-6-12/h2-6,9,11H,7-8,10H2,1H3. The van der Waals surface area contributed by atoms with Crippen molar-refractivity contribution in [1.82, 2.24) is 14.7 Å². The Morgan fingerprint density at radius 2 is 2.13 bits per heavy atom. The fourth-order valence-corrected chi connectivity index (χ4v) is 2.73. The highest BCUT2D eigenvalue weighted by atomic mass is 16.6. The van der Waals surface area contributed by atoms with Crippen molar-refractivity contribution in [3.8, 4) is 0 Å². The van der Waals surface area contributed by atoms with Crippen molar-refractivity contribution in [3.63, 3.8) is 0 Å². The lowest BCUT2D eigenvalue weighted by Crippen LogP contribution is -2.41. The van der Waals surface area contributed by atoms with E-state index in [4.69, 9.17) is 4.74 Å². The van der Waals surface area contributed by atoms with E-state index in [-0.39, 0.29) is 12.3 Å². The van der Waals surface area contributed by atoms with Gasteiger partial charge in [-0.15, -0.1) is 0 Å². The smallest absolute Gasteiger partial charge is 0.410 e. The van der Waals surface area contributed by atoms with Crippen LogP contribution in [0, 0.1) is 10.1 Å². The Morgan fingerprint density at radius 3 is 2.83 bits per heavy atom. The molecule has 1 atom stereocenters. The van der Waals surface area contributed by atoms with Crippen molar-refractivity contribution in [3.05, 3.63) is 57.9 Å². The minimum atomic E-state index is -0.483. The summed E-state index contributed by atoms with van der Waals surface area (Å²) >= 11 is 0. The van der Waals surface area contributed by atoms with E-state index < -0.39 is 17.1 Å². The minimum Gasteiger partial charge on any atom is -0.445 e. The molecule has 1 aromatic carbocycles. The van der Waals surface area contributed by atoms with Crippen molar-refractivity contribution in [2.24, 2.45) is 0 Å². The van der Waals surface area contributed by atoms with Crippen LogP contribution in [-0.2, 0) is 17.9 Å². The second-order valence-electron chi connectivity index (χ2n) is 5.30. The molecule has 0 N–H and O–H groups in total. The Kier molecular flexibility index (Phi) is 3.96. The van der Waals surface area contributed by atoms with Gasteiger partial charge in [-0.05, 0) is 12.5 Å². The summed E-state index contributed by atoms with van der Waals surface area (Å²) in [5.41, 5.74) is 1.25. The molecule has 0 radical (unpaired) electrons. The van der Waals surface area contributed by atoms with Crippen molar-refractivity contribution in [1.29, 1.82) is 0 Å². The van der Waals surface area contributed by atoms with Crippen molar-refractivity contribution >= 4 is 11.8 Å². The first-order valence-corrected chi connectivity index (χ1v) is 7.25. The van der Waals surface area contributed by atoms with Gasteiger partial charge in [0.15, 0.2) is 0 Å². The second-order valence-corrected chi connectivity index (χ2v) is 5.30. The summed E-state index contributed by atoms with van der Waals surface area (Å²) in [7, 11) is 0. The minimum absolute atomic E-state index is 0.0712. The predicted molar refractivity (Wildman–Crippen MR) is 80.6 cm³/mol. The van der Waals surface area contributed by atoms with Crippen LogP contribution >= 0.6 is 0 Å². The maximum absolute atomic E-state index is 12.3. The number of hydrogen-bond acceptors (Lipinski definition) is 5. The van der Waals surface area contributed by atoms with Gasteiger partial charge in [-0.2, -0.15) is 5.10 Å². The molecule has 1 amide bonds. The first-order valence-electron chi connectivity index (χ1n) is 7.25. The zero-order valence-corrected chi connectivity index (χ0v) is 12.6. The van der Waals surface area contributed by atoms with Gasteiger partial charge in [0, 0.05) is 6.54 Å². The maximum atomic E-state index is 12.3. The summed E-state index contributed by atoms with van der Waals surface area (Å²) in [4.78, 5) is 24.4. The van der Waals surface area contributed by atoms with Gasteiger partial charge in [0.25, 0.3) is 0 Å². The Labute approximate surface area is 132 Å². The van der Waals surface area contributed by atoms with Crippen molar-refractivity contribution in [2.75, 3.05) is 6.54 Å². The van der Waals surface area contributed by atoms with Crippen LogP contribution in [0.5, 0.6) is 0 Å². The molecular formula is C15H16N4O4. The summed E-state index contributed by atoms with van der Waals surface area (Å²) < 4.78 is 6.89. The normalized spacial score (nSPS) is 16.7.